The van der Waals surface area contributed by atoms with E-state index >= 15 is 0 Å². The molecule has 1 unspecified atom stereocenters. The van der Waals surface area contributed by atoms with Crippen LogP contribution in [0.2, 0.25) is 0 Å². The van der Waals surface area contributed by atoms with Crippen molar-refractivity contribution in [1.82, 2.24) is 5.32 Å². The van der Waals surface area contributed by atoms with E-state index in [1.165, 1.54) is 20.3 Å². The van der Waals surface area contributed by atoms with Gasteiger partial charge in [0.1, 0.15) is 22.8 Å². The molecule has 1 aliphatic heterocycles. The number of methoxy groups -OCH3 is 2. The molecule has 8 heteroatoms. The largest absolute Gasteiger partial charge is 0.468 e. The summed E-state index contributed by atoms with van der Waals surface area (Å²) >= 11 is 0. The van der Waals surface area contributed by atoms with E-state index in [2.05, 4.69) is 5.32 Å². The van der Waals surface area contributed by atoms with Crippen molar-refractivity contribution >= 4 is 22.9 Å². The fourth-order valence-electron chi connectivity index (χ4n) is 3.30. The summed E-state index contributed by atoms with van der Waals surface area (Å²) in [4.78, 5) is 37.5. The van der Waals surface area contributed by atoms with E-state index in [-0.39, 0.29) is 28.4 Å². The molecule has 8 nitrogen and oxygen atoms in total. The van der Waals surface area contributed by atoms with Crippen LogP contribution >= 0.6 is 0 Å². The normalized spacial score (nSPS) is 16.1. The van der Waals surface area contributed by atoms with Gasteiger partial charge in [0, 0.05) is 17.0 Å². The van der Waals surface area contributed by atoms with Gasteiger partial charge in [0.15, 0.2) is 0 Å². The second kappa shape index (κ2) is 7.27. The van der Waals surface area contributed by atoms with Crippen molar-refractivity contribution in [2.24, 2.45) is 0 Å². The molecule has 1 aromatic heterocycles. The van der Waals surface area contributed by atoms with Gasteiger partial charge in [-0.3, -0.25) is 4.79 Å². The molecule has 0 spiro atoms. The summed E-state index contributed by atoms with van der Waals surface area (Å²) in [5.41, 5.74) is -0.0288. The number of hydrogen-bond acceptors (Lipinski definition) is 8. The lowest BCUT2D eigenvalue weighted by molar-refractivity contribution is -0.145. The third kappa shape index (κ3) is 3.70. The second-order valence-corrected chi connectivity index (χ2v) is 7.77. The van der Waals surface area contributed by atoms with Gasteiger partial charge < -0.3 is 23.9 Å². The average Bonchev–Trinajstić information content (AvgIpc) is 2.63. The van der Waals surface area contributed by atoms with Gasteiger partial charge in [-0.2, -0.15) is 0 Å². The summed E-state index contributed by atoms with van der Waals surface area (Å²) in [6.07, 6.45) is 0. The number of carbonyl (C=O) groups is 2. The molecule has 0 saturated heterocycles. The van der Waals surface area contributed by atoms with Crippen LogP contribution in [0.25, 0.3) is 11.0 Å². The van der Waals surface area contributed by atoms with Crippen molar-refractivity contribution in [2.45, 2.75) is 39.2 Å². The summed E-state index contributed by atoms with van der Waals surface area (Å²) < 4.78 is 21.3. The highest BCUT2D eigenvalue weighted by Crippen LogP contribution is 2.44. The summed E-state index contributed by atoms with van der Waals surface area (Å²) in [6, 6.07) is 4.76. The standard InChI is InChI=1S/C21H23NO7/c1-10-9-13(23)29-17-11(10)7-8-12-14(17)15(19(24)26-5)16(20(25)27-6)18(28-12)22-21(2,3)4/h7-9,15,22H,1-6H3. The SMILES string of the molecule is COC(=O)C1=C(NC(C)(C)C)Oc2ccc3c(C)cc(=O)oc3c2C1C(=O)OC. The summed E-state index contributed by atoms with van der Waals surface area (Å²) in [6.45, 7) is 7.39. The molecule has 2 aromatic rings. The summed E-state index contributed by atoms with van der Waals surface area (Å²) in [5, 5.41) is 3.72. The van der Waals surface area contributed by atoms with Crippen LogP contribution in [-0.2, 0) is 19.1 Å². The average molecular weight is 401 g/mol. The number of carbonyl (C=O) groups excluding carboxylic acids is 2. The number of nitrogens with one attached hydrogen (secondary N) is 1. The Morgan fingerprint density at radius 3 is 2.41 bits per heavy atom. The predicted octanol–water partition coefficient (Wildman–Crippen LogP) is 2.52. The fourth-order valence-corrected chi connectivity index (χ4v) is 3.30. The highest BCUT2D eigenvalue weighted by Gasteiger charge is 2.43. The van der Waals surface area contributed by atoms with Crippen molar-refractivity contribution in [3.05, 3.63) is 51.2 Å². The van der Waals surface area contributed by atoms with Crippen molar-refractivity contribution in [1.29, 1.82) is 0 Å². The molecular formula is C21H23NO7. The minimum atomic E-state index is -1.20. The molecule has 0 radical (unpaired) electrons. The number of ether oxygens (including phenoxy) is 3. The minimum absolute atomic E-state index is 0.0570. The van der Waals surface area contributed by atoms with E-state index < -0.39 is 29.0 Å². The number of benzene rings is 1. The van der Waals surface area contributed by atoms with Crippen molar-refractivity contribution in [3.8, 4) is 5.75 Å². The lowest BCUT2D eigenvalue weighted by Gasteiger charge is -2.32. The topological polar surface area (TPSA) is 104 Å². The molecule has 0 aliphatic carbocycles. The van der Waals surface area contributed by atoms with Crippen molar-refractivity contribution in [2.75, 3.05) is 14.2 Å². The number of aryl methyl sites for hydroxylation is 1. The first-order chi connectivity index (χ1) is 13.6. The molecule has 154 valence electrons. The zero-order valence-corrected chi connectivity index (χ0v) is 17.2. The number of rotatable bonds is 3. The second-order valence-electron chi connectivity index (χ2n) is 7.77. The van der Waals surface area contributed by atoms with Gasteiger partial charge >= 0.3 is 17.6 Å². The Morgan fingerprint density at radius 2 is 1.83 bits per heavy atom. The molecule has 3 rings (SSSR count). The van der Waals surface area contributed by atoms with Gasteiger partial charge in [0.25, 0.3) is 0 Å². The molecular weight excluding hydrogens is 378 g/mol. The first-order valence-corrected chi connectivity index (χ1v) is 9.01. The van der Waals surface area contributed by atoms with Crippen molar-refractivity contribution < 1.29 is 28.2 Å². The number of esters is 2. The van der Waals surface area contributed by atoms with Crippen LogP contribution in [0.5, 0.6) is 5.75 Å². The van der Waals surface area contributed by atoms with Crippen LogP contribution in [0, 0.1) is 6.92 Å². The van der Waals surface area contributed by atoms with Gasteiger partial charge in [-0.05, 0) is 45.4 Å². The van der Waals surface area contributed by atoms with Crippen LogP contribution in [0.15, 0.2) is 38.9 Å². The van der Waals surface area contributed by atoms with E-state index in [9.17, 15) is 14.4 Å². The first kappa shape index (κ1) is 20.4. The maximum atomic E-state index is 12.8. The Morgan fingerprint density at radius 1 is 1.14 bits per heavy atom. The Labute approximate surface area is 167 Å². The van der Waals surface area contributed by atoms with Gasteiger partial charge in [0.05, 0.1) is 19.8 Å². The Kier molecular flexibility index (Phi) is 5.13. The maximum Gasteiger partial charge on any atom is 0.340 e. The molecule has 1 atom stereocenters. The molecule has 0 bridgehead atoms. The van der Waals surface area contributed by atoms with Crippen molar-refractivity contribution in [3.63, 3.8) is 0 Å². The molecule has 1 aromatic carbocycles. The Bertz CT molecular complexity index is 1090. The maximum absolute atomic E-state index is 12.8. The highest BCUT2D eigenvalue weighted by molar-refractivity contribution is 6.03. The van der Waals surface area contributed by atoms with E-state index in [0.717, 1.165) is 0 Å². The monoisotopic (exact) mass is 401 g/mol. The zero-order chi connectivity index (χ0) is 21.5. The molecule has 0 amide bonds. The van der Waals surface area contributed by atoms with E-state index in [4.69, 9.17) is 18.6 Å². The van der Waals surface area contributed by atoms with E-state index in [0.29, 0.717) is 10.9 Å². The molecule has 1 N–H and O–H groups in total. The van der Waals surface area contributed by atoms with Gasteiger partial charge in [0.2, 0.25) is 5.88 Å². The molecule has 0 saturated carbocycles. The van der Waals surface area contributed by atoms with Crippen LogP contribution in [-0.4, -0.2) is 31.7 Å². The van der Waals surface area contributed by atoms with Crippen LogP contribution in [0.3, 0.4) is 0 Å². The molecule has 0 fully saturated rings. The predicted molar refractivity (Wildman–Crippen MR) is 105 cm³/mol. The molecule has 29 heavy (non-hydrogen) atoms. The van der Waals surface area contributed by atoms with E-state index in [1.54, 1.807) is 19.1 Å². The lowest BCUT2D eigenvalue weighted by Crippen LogP contribution is -2.41. The fraction of sp³-hybridized carbons (Fsp3) is 0.381. The number of fused-ring (bicyclic) bond motifs is 3. The van der Waals surface area contributed by atoms with Gasteiger partial charge in [-0.15, -0.1) is 0 Å². The first-order valence-electron chi connectivity index (χ1n) is 9.01. The third-order valence-electron chi connectivity index (χ3n) is 4.48. The van der Waals surface area contributed by atoms with Crippen LogP contribution < -0.4 is 15.7 Å². The quantitative estimate of drug-likeness (QED) is 0.618. The smallest absolute Gasteiger partial charge is 0.340 e. The Hall–Kier alpha value is -3.29. The number of hydrogen-bond donors (Lipinski definition) is 1. The molecule has 2 heterocycles. The summed E-state index contributed by atoms with van der Waals surface area (Å²) in [5.74, 6) is -2.30. The summed E-state index contributed by atoms with van der Waals surface area (Å²) in [7, 11) is 2.43. The van der Waals surface area contributed by atoms with Gasteiger partial charge in [-0.25, -0.2) is 9.59 Å². The Balaban J connectivity index is 2.39. The van der Waals surface area contributed by atoms with Gasteiger partial charge in [-0.1, -0.05) is 0 Å². The van der Waals surface area contributed by atoms with Crippen LogP contribution in [0.1, 0.15) is 37.8 Å². The molecule has 1 aliphatic rings. The zero-order valence-electron chi connectivity index (χ0n) is 17.2. The third-order valence-corrected chi connectivity index (χ3v) is 4.48. The van der Waals surface area contributed by atoms with E-state index in [1.807, 2.05) is 20.8 Å². The lowest BCUT2D eigenvalue weighted by atomic mass is 9.86. The minimum Gasteiger partial charge on any atom is -0.468 e. The highest BCUT2D eigenvalue weighted by atomic mass is 16.5. The van der Waals surface area contributed by atoms with Crippen LogP contribution in [0.4, 0.5) is 0 Å².